The number of amides is 3. The summed E-state index contributed by atoms with van der Waals surface area (Å²) in [6.07, 6.45) is 4.53. The van der Waals surface area contributed by atoms with Crippen molar-refractivity contribution in [2.75, 3.05) is 13.1 Å². The van der Waals surface area contributed by atoms with E-state index in [1.807, 2.05) is 0 Å². The van der Waals surface area contributed by atoms with Gasteiger partial charge in [-0.1, -0.05) is 29.3 Å². The molecule has 2 aromatic carbocycles. The van der Waals surface area contributed by atoms with Gasteiger partial charge in [-0.2, -0.15) is 5.10 Å². The Hall–Kier alpha value is -3.14. The first-order valence-electron chi connectivity index (χ1n) is 9.36. The van der Waals surface area contributed by atoms with E-state index in [0.29, 0.717) is 21.2 Å². The molecule has 0 radical (unpaired) electrons. The summed E-state index contributed by atoms with van der Waals surface area (Å²) in [7, 11) is 0. The molecule has 0 unspecified atom stereocenters. The summed E-state index contributed by atoms with van der Waals surface area (Å²) in [6, 6.07) is 11.7. The van der Waals surface area contributed by atoms with Crippen molar-refractivity contribution in [2.45, 2.75) is 0 Å². The highest BCUT2D eigenvalue weighted by Gasteiger charge is 2.34. The van der Waals surface area contributed by atoms with Gasteiger partial charge in [0.1, 0.15) is 12.7 Å². The van der Waals surface area contributed by atoms with E-state index in [4.69, 9.17) is 23.2 Å². The monoisotopic (exact) mass is 487 g/mol. The topological polar surface area (TPSA) is 97.2 Å². The number of hydrogen-bond donors (Lipinski definition) is 1. The molecule has 3 amide bonds. The second-order valence-corrected chi connectivity index (χ2v) is 8.48. The van der Waals surface area contributed by atoms with Gasteiger partial charge in [0.25, 0.3) is 17.1 Å². The number of imide groups is 1. The average Bonchev–Trinajstić information content (AvgIpc) is 3.40. The smallest absolute Gasteiger partial charge is 0.293 e. The molecule has 32 heavy (non-hydrogen) atoms. The number of aromatic nitrogens is 3. The van der Waals surface area contributed by atoms with Gasteiger partial charge in [0.15, 0.2) is 0 Å². The van der Waals surface area contributed by atoms with Gasteiger partial charge >= 0.3 is 0 Å². The minimum absolute atomic E-state index is 0.0547. The molecule has 0 spiro atoms. The summed E-state index contributed by atoms with van der Waals surface area (Å²) in [5.74, 6) is -0.747. The van der Waals surface area contributed by atoms with Crippen molar-refractivity contribution < 1.29 is 14.4 Å². The van der Waals surface area contributed by atoms with Crippen LogP contribution in [0.5, 0.6) is 0 Å². The van der Waals surface area contributed by atoms with Gasteiger partial charge < -0.3 is 5.32 Å². The fraction of sp³-hybridized carbons (Fsp3) is 0.0952. The van der Waals surface area contributed by atoms with Crippen LogP contribution in [0.25, 0.3) is 11.8 Å². The Balaban J connectivity index is 1.34. The normalized spacial score (nSPS) is 14.9. The van der Waals surface area contributed by atoms with Crippen LogP contribution < -0.4 is 5.32 Å². The molecule has 1 aliphatic heterocycles. The molecule has 1 N–H and O–H groups in total. The number of nitrogens with zero attached hydrogens (tertiary/aromatic N) is 4. The highest BCUT2D eigenvalue weighted by atomic mass is 35.5. The quantitative estimate of drug-likeness (QED) is 0.526. The number of hydrogen-bond acceptors (Lipinski definition) is 6. The van der Waals surface area contributed by atoms with Crippen LogP contribution >= 0.6 is 35.0 Å². The molecule has 1 aliphatic rings. The summed E-state index contributed by atoms with van der Waals surface area (Å²) in [4.78, 5) is 42.5. The Morgan fingerprint density at radius 2 is 1.91 bits per heavy atom. The van der Waals surface area contributed by atoms with Gasteiger partial charge in [-0.3, -0.25) is 19.3 Å². The summed E-state index contributed by atoms with van der Waals surface area (Å²) in [6.45, 7) is 0.176. The Morgan fingerprint density at radius 1 is 1.12 bits per heavy atom. The molecule has 0 bridgehead atoms. The predicted octanol–water partition coefficient (Wildman–Crippen LogP) is 4.04. The second kappa shape index (κ2) is 9.56. The number of nitrogens with one attached hydrogen (secondary N) is 1. The molecule has 0 aliphatic carbocycles. The lowest BCUT2D eigenvalue weighted by Gasteiger charge is -2.13. The number of carbonyl (C=O) groups is 3. The summed E-state index contributed by atoms with van der Waals surface area (Å²) in [5.41, 5.74) is 1.80. The van der Waals surface area contributed by atoms with Crippen molar-refractivity contribution in [3.05, 3.63) is 81.2 Å². The van der Waals surface area contributed by atoms with Crippen molar-refractivity contribution in [3.8, 4) is 5.69 Å². The van der Waals surface area contributed by atoms with Crippen molar-refractivity contribution >= 4 is 58.1 Å². The van der Waals surface area contributed by atoms with Crippen LogP contribution in [0.3, 0.4) is 0 Å². The van der Waals surface area contributed by atoms with Crippen LogP contribution in [0, 0.1) is 0 Å². The van der Waals surface area contributed by atoms with E-state index in [1.54, 1.807) is 59.5 Å². The Kier molecular flexibility index (Phi) is 6.59. The summed E-state index contributed by atoms with van der Waals surface area (Å²) < 4.78 is 1.58. The first-order chi connectivity index (χ1) is 15.4. The third kappa shape index (κ3) is 4.85. The largest absolute Gasteiger partial charge is 0.350 e. The van der Waals surface area contributed by atoms with Crippen molar-refractivity contribution in [3.63, 3.8) is 0 Å². The van der Waals surface area contributed by atoms with Crippen molar-refractivity contribution in [1.82, 2.24) is 25.0 Å². The van der Waals surface area contributed by atoms with Gasteiger partial charge in [-0.15, -0.1) is 0 Å². The number of rotatable bonds is 6. The molecule has 162 valence electrons. The van der Waals surface area contributed by atoms with Crippen LogP contribution in [0.2, 0.25) is 10.0 Å². The Bertz CT molecular complexity index is 1210. The van der Waals surface area contributed by atoms with Gasteiger partial charge in [0.05, 0.1) is 10.6 Å². The van der Waals surface area contributed by atoms with Crippen LogP contribution in [-0.2, 0) is 4.79 Å². The van der Waals surface area contributed by atoms with Crippen LogP contribution in [0.15, 0.2) is 60.0 Å². The van der Waals surface area contributed by atoms with Gasteiger partial charge in [-0.05, 0) is 59.8 Å². The lowest BCUT2D eigenvalue weighted by atomic mass is 10.2. The maximum absolute atomic E-state index is 12.6. The maximum Gasteiger partial charge on any atom is 0.293 e. The number of carbonyl (C=O) groups excluding carboxylic acids is 3. The molecule has 8 nitrogen and oxygen atoms in total. The first-order valence-corrected chi connectivity index (χ1v) is 10.9. The van der Waals surface area contributed by atoms with E-state index >= 15 is 0 Å². The highest BCUT2D eigenvalue weighted by Crippen LogP contribution is 2.33. The van der Waals surface area contributed by atoms with Crippen molar-refractivity contribution in [1.29, 1.82) is 0 Å². The number of benzene rings is 2. The molecule has 2 heterocycles. The Labute approximate surface area is 197 Å². The molecule has 0 saturated carbocycles. The molecule has 0 atom stereocenters. The summed E-state index contributed by atoms with van der Waals surface area (Å²) >= 11 is 12.9. The highest BCUT2D eigenvalue weighted by molar-refractivity contribution is 8.18. The zero-order valence-corrected chi connectivity index (χ0v) is 18.7. The molecular weight excluding hydrogens is 473 g/mol. The zero-order valence-electron chi connectivity index (χ0n) is 16.4. The van der Waals surface area contributed by atoms with E-state index in [9.17, 15) is 14.4 Å². The van der Waals surface area contributed by atoms with Gasteiger partial charge in [-0.25, -0.2) is 9.67 Å². The molecular formula is C21H15Cl2N5O3S. The zero-order chi connectivity index (χ0) is 22.7. The third-order valence-corrected chi connectivity index (χ3v) is 6.03. The third-order valence-electron chi connectivity index (χ3n) is 4.56. The minimum Gasteiger partial charge on any atom is -0.350 e. The van der Waals surface area contributed by atoms with Gasteiger partial charge in [0.2, 0.25) is 0 Å². The van der Waals surface area contributed by atoms with E-state index in [0.717, 1.165) is 22.3 Å². The van der Waals surface area contributed by atoms with Crippen LogP contribution in [0.4, 0.5) is 4.79 Å². The fourth-order valence-electron chi connectivity index (χ4n) is 2.94. The standard InChI is InChI=1S/C21H15Cl2N5O3S/c22-15-4-1-14(17(23)10-15)9-18-20(30)27(21(31)32-18)8-7-25-19(29)13-2-5-16(6-3-13)28-12-24-11-26-28/h1-6,9-12H,7-8H2,(H,25,29)/b18-9-. The maximum atomic E-state index is 12.6. The number of thioether (sulfide) groups is 1. The molecule has 4 rings (SSSR count). The Morgan fingerprint density at radius 3 is 2.59 bits per heavy atom. The van der Waals surface area contributed by atoms with E-state index < -0.39 is 11.1 Å². The average molecular weight is 488 g/mol. The fourth-order valence-corrected chi connectivity index (χ4v) is 4.26. The lowest BCUT2D eigenvalue weighted by Crippen LogP contribution is -2.37. The lowest BCUT2D eigenvalue weighted by molar-refractivity contribution is -0.122. The van der Waals surface area contributed by atoms with Crippen LogP contribution in [0.1, 0.15) is 15.9 Å². The van der Waals surface area contributed by atoms with E-state index in [2.05, 4.69) is 15.4 Å². The molecule has 3 aromatic rings. The molecule has 1 aromatic heterocycles. The second-order valence-electron chi connectivity index (χ2n) is 6.64. The summed E-state index contributed by atoms with van der Waals surface area (Å²) in [5, 5.41) is 7.19. The minimum atomic E-state index is -0.433. The van der Waals surface area contributed by atoms with Crippen molar-refractivity contribution in [2.24, 2.45) is 0 Å². The number of halogens is 2. The SMILES string of the molecule is O=C(NCCN1C(=O)S/C(=C\c2ccc(Cl)cc2Cl)C1=O)c1ccc(-n2cncn2)cc1. The molecule has 1 saturated heterocycles. The van der Waals surface area contributed by atoms with Gasteiger partial charge in [0, 0.05) is 28.7 Å². The predicted molar refractivity (Wildman–Crippen MR) is 123 cm³/mol. The van der Waals surface area contributed by atoms with E-state index in [-0.39, 0.29) is 23.9 Å². The molecule has 1 fully saturated rings. The first kappa shape index (κ1) is 22.1. The molecule has 11 heteroatoms. The van der Waals surface area contributed by atoms with E-state index in [1.165, 1.54) is 6.33 Å². The van der Waals surface area contributed by atoms with Crippen LogP contribution in [-0.4, -0.2) is 49.8 Å².